The number of benzene rings is 1. The van der Waals surface area contributed by atoms with E-state index >= 15 is 0 Å². The van der Waals surface area contributed by atoms with Crippen LogP contribution in [0.4, 0.5) is 10.2 Å². The molecule has 0 aliphatic rings. The van der Waals surface area contributed by atoms with Gasteiger partial charge in [-0.1, -0.05) is 0 Å². The van der Waals surface area contributed by atoms with Crippen molar-refractivity contribution in [3.63, 3.8) is 0 Å². The smallest absolute Gasteiger partial charge is 0.254 e. The molecule has 0 fully saturated rings. The van der Waals surface area contributed by atoms with E-state index in [4.69, 9.17) is 5.73 Å². The summed E-state index contributed by atoms with van der Waals surface area (Å²) in [6.45, 7) is 1.51. The number of nitrogens with zero attached hydrogens (tertiary/aromatic N) is 5. The maximum absolute atomic E-state index is 13.3. The third kappa shape index (κ3) is 5.56. The van der Waals surface area contributed by atoms with Crippen molar-refractivity contribution in [2.45, 2.75) is 18.0 Å². The number of hydrogen-bond donors (Lipinski definition) is 2. The first-order chi connectivity index (χ1) is 17.4. The molecule has 0 saturated heterocycles. The summed E-state index contributed by atoms with van der Waals surface area (Å²) in [6, 6.07) is 8.05. The van der Waals surface area contributed by atoms with Gasteiger partial charge in [0.1, 0.15) is 11.6 Å². The number of likely N-dealkylation sites (N-methyl/N-ethyl adjacent to an activating group) is 1. The quantitative estimate of drug-likeness (QED) is 0.353. The van der Waals surface area contributed by atoms with Gasteiger partial charge in [-0.2, -0.15) is 5.10 Å². The van der Waals surface area contributed by atoms with Crippen molar-refractivity contribution in [2.75, 3.05) is 24.7 Å². The van der Waals surface area contributed by atoms with Crippen LogP contribution in [0.5, 0.6) is 0 Å². The Balaban J connectivity index is 1.66. The fourth-order valence-electron chi connectivity index (χ4n) is 3.73. The number of halogens is 1. The predicted molar refractivity (Wildman–Crippen MR) is 135 cm³/mol. The highest BCUT2D eigenvalue weighted by atomic mass is 32.2. The largest absolute Gasteiger partial charge is 0.368 e. The Kier molecular flexibility index (Phi) is 6.90. The standard InChI is InChI=1S/C24H24FN7O4S/c1-14(15-8-22(31(2)13-21(26)33)30-23(9-15)37(3,35)36)29-24(34)19-10-27-12-20-18(19)11-28-32(20)17-6-4-16(25)5-7-17/h4-12,14H,13H2,1-3H3,(H2,26,33)(H,29,34). The third-order valence-electron chi connectivity index (χ3n) is 5.64. The molecule has 1 atom stereocenters. The first-order valence-corrected chi connectivity index (χ1v) is 12.9. The van der Waals surface area contributed by atoms with Crippen molar-refractivity contribution in [1.29, 1.82) is 0 Å². The average Bonchev–Trinajstić information content (AvgIpc) is 3.27. The molecule has 4 aromatic rings. The van der Waals surface area contributed by atoms with Crippen LogP contribution in [0.1, 0.15) is 28.9 Å². The SMILES string of the molecule is CC(NC(=O)c1cncc2c1cnn2-c1ccc(F)cc1)c1cc(N(C)CC(N)=O)nc(S(C)(=O)=O)c1. The number of nitrogens with one attached hydrogen (secondary N) is 1. The number of carbonyl (C=O) groups excluding carboxylic acids is 2. The molecule has 4 rings (SSSR count). The molecule has 3 N–H and O–H groups in total. The molecule has 1 aromatic carbocycles. The van der Waals surface area contributed by atoms with Gasteiger partial charge in [-0.15, -0.1) is 0 Å². The van der Waals surface area contributed by atoms with Crippen molar-refractivity contribution in [2.24, 2.45) is 5.73 Å². The number of primary amides is 1. The van der Waals surface area contributed by atoms with Crippen LogP contribution in [0.25, 0.3) is 16.6 Å². The highest BCUT2D eigenvalue weighted by Gasteiger charge is 2.21. The van der Waals surface area contributed by atoms with E-state index in [0.29, 0.717) is 22.2 Å². The van der Waals surface area contributed by atoms with Crippen LogP contribution in [0.15, 0.2) is 60.0 Å². The molecular weight excluding hydrogens is 501 g/mol. The number of rotatable bonds is 8. The van der Waals surface area contributed by atoms with Crippen LogP contribution < -0.4 is 16.0 Å². The second kappa shape index (κ2) is 9.93. The van der Waals surface area contributed by atoms with E-state index in [1.807, 2.05) is 0 Å². The number of nitrogens with two attached hydrogens (primary N) is 1. The highest BCUT2D eigenvalue weighted by molar-refractivity contribution is 7.90. The van der Waals surface area contributed by atoms with Gasteiger partial charge in [0.05, 0.1) is 41.7 Å². The molecule has 0 spiro atoms. The Bertz CT molecular complexity index is 1600. The number of aromatic nitrogens is 4. The lowest BCUT2D eigenvalue weighted by molar-refractivity contribution is -0.116. The first kappa shape index (κ1) is 25.7. The highest BCUT2D eigenvalue weighted by Crippen LogP contribution is 2.25. The molecule has 0 aliphatic carbocycles. The van der Waals surface area contributed by atoms with Gasteiger partial charge in [0.2, 0.25) is 5.91 Å². The Labute approximate surface area is 212 Å². The number of anilines is 1. The van der Waals surface area contributed by atoms with Crippen LogP contribution in [0.3, 0.4) is 0 Å². The minimum Gasteiger partial charge on any atom is -0.368 e. The van der Waals surface area contributed by atoms with Gasteiger partial charge in [0, 0.05) is 24.9 Å². The summed E-state index contributed by atoms with van der Waals surface area (Å²) in [5.74, 6) is -1.25. The second-order valence-electron chi connectivity index (χ2n) is 8.54. The summed E-state index contributed by atoms with van der Waals surface area (Å²) in [7, 11) is -2.14. The van der Waals surface area contributed by atoms with Crippen LogP contribution in [0.2, 0.25) is 0 Å². The monoisotopic (exact) mass is 525 g/mol. The number of pyridine rings is 2. The summed E-state index contributed by atoms with van der Waals surface area (Å²) in [5.41, 5.74) is 7.11. The molecule has 0 saturated carbocycles. The molecule has 11 nitrogen and oxygen atoms in total. The third-order valence-corrected chi connectivity index (χ3v) is 6.60. The van der Waals surface area contributed by atoms with Crippen molar-refractivity contribution >= 4 is 38.4 Å². The van der Waals surface area contributed by atoms with Gasteiger partial charge in [-0.25, -0.2) is 22.5 Å². The van der Waals surface area contributed by atoms with Gasteiger partial charge in [0.15, 0.2) is 14.9 Å². The molecule has 0 radical (unpaired) electrons. The van der Waals surface area contributed by atoms with Crippen molar-refractivity contribution in [3.8, 4) is 5.69 Å². The molecule has 0 aliphatic heterocycles. The van der Waals surface area contributed by atoms with Crippen LogP contribution in [-0.2, 0) is 14.6 Å². The van der Waals surface area contributed by atoms with Gasteiger partial charge < -0.3 is 16.0 Å². The van der Waals surface area contributed by atoms with E-state index in [-0.39, 0.29) is 28.8 Å². The molecule has 37 heavy (non-hydrogen) atoms. The fraction of sp³-hybridized carbons (Fsp3) is 0.208. The molecule has 13 heteroatoms. The fourth-order valence-corrected chi connectivity index (χ4v) is 4.34. The van der Waals surface area contributed by atoms with Gasteiger partial charge in [-0.3, -0.25) is 14.6 Å². The number of fused-ring (bicyclic) bond motifs is 1. The minimum absolute atomic E-state index is 0.174. The lowest BCUT2D eigenvalue weighted by atomic mass is 10.1. The summed E-state index contributed by atoms with van der Waals surface area (Å²) in [4.78, 5) is 34.3. The summed E-state index contributed by atoms with van der Waals surface area (Å²) >= 11 is 0. The lowest BCUT2D eigenvalue weighted by Crippen LogP contribution is -2.32. The zero-order valence-electron chi connectivity index (χ0n) is 20.2. The number of amides is 2. The van der Waals surface area contributed by atoms with E-state index < -0.39 is 27.7 Å². The normalized spacial score (nSPS) is 12.3. The Hall–Kier alpha value is -4.39. The van der Waals surface area contributed by atoms with Crippen LogP contribution >= 0.6 is 0 Å². The molecular formula is C24H24FN7O4S. The second-order valence-corrected chi connectivity index (χ2v) is 10.5. The number of hydrogen-bond acceptors (Lipinski definition) is 8. The van der Waals surface area contributed by atoms with Gasteiger partial charge in [-0.05, 0) is 48.9 Å². The molecule has 0 bridgehead atoms. The molecule has 1 unspecified atom stereocenters. The lowest BCUT2D eigenvalue weighted by Gasteiger charge is -2.21. The average molecular weight is 526 g/mol. The Morgan fingerprint density at radius 2 is 1.86 bits per heavy atom. The topological polar surface area (TPSA) is 153 Å². The van der Waals surface area contributed by atoms with Crippen LogP contribution in [0, 0.1) is 5.82 Å². The first-order valence-electron chi connectivity index (χ1n) is 11.0. The molecule has 2 amide bonds. The van der Waals surface area contributed by atoms with Crippen LogP contribution in [-0.4, -0.2) is 59.8 Å². The van der Waals surface area contributed by atoms with E-state index in [2.05, 4.69) is 20.4 Å². The minimum atomic E-state index is -3.69. The van der Waals surface area contributed by atoms with Crippen molar-refractivity contribution in [1.82, 2.24) is 25.1 Å². The van der Waals surface area contributed by atoms with E-state index in [1.165, 1.54) is 35.5 Å². The Morgan fingerprint density at radius 3 is 2.51 bits per heavy atom. The van der Waals surface area contributed by atoms with Gasteiger partial charge in [0.25, 0.3) is 5.91 Å². The predicted octanol–water partition coefficient (Wildman–Crippen LogP) is 1.77. The zero-order valence-corrected chi connectivity index (χ0v) is 21.0. The Morgan fingerprint density at radius 1 is 1.16 bits per heavy atom. The molecule has 3 aromatic heterocycles. The summed E-state index contributed by atoms with van der Waals surface area (Å²) in [6.07, 6.45) is 5.49. The summed E-state index contributed by atoms with van der Waals surface area (Å²) < 4.78 is 39.3. The maximum atomic E-state index is 13.3. The summed E-state index contributed by atoms with van der Waals surface area (Å²) in [5, 5.41) is 7.49. The number of carbonyl (C=O) groups is 2. The zero-order chi connectivity index (χ0) is 26.9. The van der Waals surface area contributed by atoms with Crippen molar-refractivity contribution < 1.29 is 22.4 Å². The van der Waals surface area contributed by atoms with E-state index in [1.54, 1.807) is 43.0 Å². The van der Waals surface area contributed by atoms with E-state index in [9.17, 15) is 22.4 Å². The number of sulfone groups is 1. The molecule has 3 heterocycles. The van der Waals surface area contributed by atoms with Gasteiger partial charge >= 0.3 is 0 Å². The maximum Gasteiger partial charge on any atom is 0.254 e. The molecule has 192 valence electrons. The van der Waals surface area contributed by atoms with E-state index in [0.717, 1.165) is 6.26 Å². The van der Waals surface area contributed by atoms with Crippen molar-refractivity contribution in [3.05, 3.63) is 71.9 Å².